The van der Waals surface area contributed by atoms with Crippen molar-refractivity contribution in [1.29, 1.82) is 0 Å². The van der Waals surface area contributed by atoms with Crippen LogP contribution in [0.4, 0.5) is 0 Å². The van der Waals surface area contributed by atoms with Crippen LogP contribution in [0.2, 0.25) is 0 Å². The molecule has 14 heavy (non-hydrogen) atoms. The van der Waals surface area contributed by atoms with E-state index >= 15 is 0 Å². The molecule has 0 aliphatic rings. The predicted octanol–water partition coefficient (Wildman–Crippen LogP) is 1.05. The molecule has 0 saturated carbocycles. The third-order valence-electron chi connectivity index (χ3n) is 2.12. The van der Waals surface area contributed by atoms with Crippen molar-refractivity contribution in [3.63, 3.8) is 0 Å². The fraction of sp³-hybridized carbons (Fsp3) is 0.500. The van der Waals surface area contributed by atoms with Crippen LogP contribution >= 0.6 is 0 Å². The van der Waals surface area contributed by atoms with E-state index in [4.69, 9.17) is 9.52 Å². The van der Waals surface area contributed by atoms with E-state index in [1.54, 1.807) is 6.92 Å². The van der Waals surface area contributed by atoms with E-state index in [0.29, 0.717) is 12.2 Å². The molecule has 1 atom stereocenters. The van der Waals surface area contributed by atoms with Crippen LogP contribution in [0.5, 0.6) is 5.75 Å². The average molecular weight is 198 g/mol. The van der Waals surface area contributed by atoms with Crippen LogP contribution < -0.4 is 5.63 Å². The second-order valence-corrected chi connectivity index (χ2v) is 3.63. The van der Waals surface area contributed by atoms with Gasteiger partial charge in [0, 0.05) is 12.5 Å². The Morgan fingerprint density at radius 3 is 2.64 bits per heavy atom. The SMILES string of the molecule is CCC(C)(O)Cc1cc(O)cc(=O)o1. The third-order valence-corrected chi connectivity index (χ3v) is 2.12. The molecular weight excluding hydrogens is 184 g/mol. The molecule has 0 fully saturated rings. The van der Waals surface area contributed by atoms with Gasteiger partial charge in [-0.3, -0.25) is 0 Å². The Morgan fingerprint density at radius 1 is 1.50 bits per heavy atom. The van der Waals surface area contributed by atoms with Gasteiger partial charge in [0.15, 0.2) is 0 Å². The average Bonchev–Trinajstić information content (AvgIpc) is 2.01. The van der Waals surface area contributed by atoms with Crippen LogP contribution in [0.25, 0.3) is 0 Å². The normalized spacial score (nSPS) is 15.1. The molecule has 0 spiro atoms. The van der Waals surface area contributed by atoms with Crippen molar-refractivity contribution in [1.82, 2.24) is 0 Å². The molecule has 0 bridgehead atoms. The summed E-state index contributed by atoms with van der Waals surface area (Å²) in [4.78, 5) is 10.9. The summed E-state index contributed by atoms with van der Waals surface area (Å²) in [6.45, 7) is 3.48. The van der Waals surface area contributed by atoms with E-state index in [9.17, 15) is 9.90 Å². The zero-order chi connectivity index (χ0) is 10.8. The van der Waals surface area contributed by atoms with Crippen LogP contribution in [0.3, 0.4) is 0 Å². The highest BCUT2D eigenvalue weighted by atomic mass is 16.4. The molecule has 1 aromatic heterocycles. The Balaban J connectivity index is 2.92. The van der Waals surface area contributed by atoms with Gasteiger partial charge < -0.3 is 14.6 Å². The van der Waals surface area contributed by atoms with Gasteiger partial charge in [-0.05, 0) is 13.3 Å². The van der Waals surface area contributed by atoms with Crippen molar-refractivity contribution >= 4 is 0 Å². The Kier molecular flexibility index (Phi) is 2.96. The van der Waals surface area contributed by atoms with Crippen molar-refractivity contribution in [3.05, 3.63) is 28.3 Å². The Bertz CT molecular complexity index is 365. The molecule has 1 heterocycles. The molecule has 1 rings (SSSR count). The van der Waals surface area contributed by atoms with E-state index in [1.807, 2.05) is 6.92 Å². The molecule has 0 radical (unpaired) electrons. The van der Waals surface area contributed by atoms with Crippen molar-refractivity contribution in [2.75, 3.05) is 0 Å². The van der Waals surface area contributed by atoms with Crippen LogP contribution in [-0.2, 0) is 6.42 Å². The molecule has 1 aromatic rings. The van der Waals surface area contributed by atoms with Crippen molar-refractivity contribution in [3.8, 4) is 5.75 Å². The lowest BCUT2D eigenvalue weighted by molar-refractivity contribution is 0.0503. The maximum absolute atomic E-state index is 10.9. The fourth-order valence-electron chi connectivity index (χ4n) is 1.10. The van der Waals surface area contributed by atoms with Gasteiger partial charge in [0.1, 0.15) is 11.5 Å². The Labute approximate surface area is 81.8 Å². The second kappa shape index (κ2) is 3.84. The second-order valence-electron chi connectivity index (χ2n) is 3.63. The van der Waals surface area contributed by atoms with E-state index in [-0.39, 0.29) is 12.2 Å². The first-order valence-corrected chi connectivity index (χ1v) is 4.48. The van der Waals surface area contributed by atoms with Crippen LogP contribution in [0, 0.1) is 0 Å². The first-order chi connectivity index (χ1) is 6.43. The van der Waals surface area contributed by atoms with Crippen LogP contribution in [0.15, 0.2) is 21.3 Å². The quantitative estimate of drug-likeness (QED) is 0.761. The van der Waals surface area contributed by atoms with E-state index < -0.39 is 11.2 Å². The van der Waals surface area contributed by atoms with E-state index in [2.05, 4.69) is 0 Å². The number of aromatic hydroxyl groups is 1. The van der Waals surface area contributed by atoms with Crippen molar-refractivity contribution in [2.45, 2.75) is 32.3 Å². The summed E-state index contributed by atoms with van der Waals surface area (Å²) in [5.41, 5.74) is -1.52. The fourth-order valence-corrected chi connectivity index (χ4v) is 1.10. The standard InChI is InChI=1S/C10H14O4/c1-3-10(2,13)6-8-4-7(11)5-9(12)14-8/h4-5,11,13H,3,6H2,1-2H3. The van der Waals surface area contributed by atoms with Gasteiger partial charge in [0.05, 0.1) is 11.7 Å². The number of hydrogen-bond donors (Lipinski definition) is 2. The molecule has 1 unspecified atom stereocenters. The van der Waals surface area contributed by atoms with Crippen molar-refractivity contribution in [2.24, 2.45) is 0 Å². The lowest BCUT2D eigenvalue weighted by Gasteiger charge is -2.19. The molecule has 0 saturated heterocycles. The molecule has 2 N–H and O–H groups in total. The first kappa shape index (κ1) is 10.8. The maximum atomic E-state index is 10.9. The zero-order valence-corrected chi connectivity index (χ0v) is 8.28. The Hall–Kier alpha value is -1.29. The molecular formula is C10H14O4. The summed E-state index contributed by atoms with van der Waals surface area (Å²) in [5, 5.41) is 18.8. The van der Waals surface area contributed by atoms with E-state index in [0.717, 1.165) is 6.07 Å². The van der Waals surface area contributed by atoms with E-state index in [1.165, 1.54) is 6.07 Å². The van der Waals surface area contributed by atoms with Gasteiger partial charge in [-0.1, -0.05) is 6.92 Å². The summed E-state index contributed by atoms with van der Waals surface area (Å²) in [5.74, 6) is 0.157. The highest BCUT2D eigenvalue weighted by Gasteiger charge is 2.20. The molecule has 0 aliphatic carbocycles. The van der Waals surface area contributed by atoms with Gasteiger partial charge in [-0.2, -0.15) is 0 Å². The van der Waals surface area contributed by atoms with Crippen molar-refractivity contribution < 1.29 is 14.6 Å². The predicted molar refractivity (Wildman–Crippen MR) is 51.3 cm³/mol. The summed E-state index contributed by atoms with van der Waals surface area (Å²) in [6, 6.07) is 2.33. The first-order valence-electron chi connectivity index (χ1n) is 4.48. The molecule has 4 nitrogen and oxygen atoms in total. The molecule has 4 heteroatoms. The molecule has 0 aromatic carbocycles. The minimum absolute atomic E-state index is 0.136. The minimum Gasteiger partial charge on any atom is -0.508 e. The largest absolute Gasteiger partial charge is 0.508 e. The Morgan fingerprint density at radius 2 is 2.14 bits per heavy atom. The van der Waals surface area contributed by atoms with Gasteiger partial charge in [-0.25, -0.2) is 4.79 Å². The van der Waals surface area contributed by atoms with Crippen LogP contribution in [-0.4, -0.2) is 15.8 Å². The summed E-state index contributed by atoms with van der Waals surface area (Å²) < 4.78 is 4.82. The lowest BCUT2D eigenvalue weighted by atomic mass is 9.98. The number of aliphatic hydroxyl groups is 1. The topological polar surface area (TPSA) is 70.7 Å². The summed E-state index contributed by atoms with van der Waals surface area (Å²) >= 11 is 0. The molecule has 78 valence electrons. The number of rotatable bonds is 3. The monoisotopic (exact) mass is 198 g/mol. The molecule has 0 aliphatic heterocycles. The number of hydrogen-bond acceptors (Lipinski definition) is 4. The van der Waals surface area contributed by atoms with Gasteiger partial charge in [0.25, 0.3) is 0 Å². The minimum atomic E-state index is -0.913. The highest BCUT2D eigenvalue weighted by molar-refractivity contribution is 5.19. The smallest absolute Gasteiger partial charge is 0.339 e. The third kappa shape index (κ3) is 2.88. The zero-order valence-electron chi connectivity index (χ0n) is 8.28. The lowest BCUT2D eigenvalue weighted by Crippen LogP contribution is -2.26. The maximum Gasteiger partial charge on any atom is 0.339 e. The van der Waals surface area contributed by atoms with Gasteiger partial charge >= 0.3 is 5.63 Å². The van der Waals surface area contributed by atoms with Gasteiger partial charge in [0.2, 0.25) is 0 Å². The molecule has 0 amide bonds. The van der Waals surface area contributed by atoms with Crippen LogP contribution in [0.1, 0.15) is 26.0 Å². The summed E-state index contributed by atoms with van der Waals surface area (Å²) in [6.07, 6.45) is 0.763. The highest BCUT2D eigenvalue weighted by Crippen LogP contribution is 2.17. The summed E-state index contributed by atoms with van der Waals surface area (Å²) in [7, 11) is 0. The van der Waals surface area contributed by atoms with Gasteiger partial charge in [-0.15, -0.1) is 0 Å².